The van der Waals surface area contributed by atoms with Crippen LogP contribution in [-0.4, -0.2) is 51.2 Å². The molecule has 0 heterocycles. The van der Waals surface area contributed by atoms with Crippen LogP contribution < -0.4 is 10.6 Å². The van der Waals surface area contributed by atoms with E-state index in [0.29, 0.717) is 17.7 Å². The van der Waals surface area contributed by atoms with E-state index in [4.69, 9.17) is 4.74 Å². The molecule has 2 unspecified atom stereocenters. The minimum Gasteiger partial charge on any atom is -0.508 e. The summed E-state index contributed by atoms with van der Waals surface area (Å²) in [6.45, 7) is 9.41. The van der Waals surface area contributed by atoms with Gasteiger partial charge >= 0.3 is 6.09 Å². The number of phenols is 2. The number of carbonyl (C=O) groups excluding carboxylic acids is 3. The van der Waals surface area contributed by atoms with Gasteiger partial charge in [0.15, 0.2) is 0 Å². The summed E-state index contributed by atoms with van der Waals surface area (Å²) in [5, 5.41) is 26.5. The lowest BCUT2D eigenvalue weighted by Crippen LogP contribution is -2.53. The van der Waals surface area contributed by atoms with Gasteiger partial charge < -0.3 is 30.5 Å². The van der Waals surface area contributed by atoms with Gasteiger partial charge in [-0.1, -0.05) is 81.1 Å². The van der Waals surface area contributed by atoms with Crippen molar-refractivity contribution in [2.24, 2.45) is 0 Å². The highest BCUT2D eigenvalue weighted by molar-refractivity contribution is 5.99. The second-order valence-electron chi connectivity index (χ2n) is 12.3. The number of hydrogen-bond acceptors (Lipinski definition) is 6. The molecule has 242 valence electrons. The summed E-state index contributed by atoms with van der Waals surface area (Å²) in [5.74, 6) is -1.05. The number of aryl methyl sites for hydroxylation is 1. The van der Waals surface area contributed by atoms with Gasteiger partial charge in [0.05, 0.1) is 0 Å². The highest BCUT2D eigenvalue weighted by Crippen LogP contribution is 2.32. The largest absolute Gasteiger partial charge is 0.508 e. The van der Waals surface area contributed by atoms with Crippen LogP contribution in [-0.2, 0) is 20.7 Å². The van der Waals surface area contributed by atoms with E-state index < -0.39 is 35.6 Å². The molecular weight excluding hydrogens is 570 g/mol. The van der Waals surface area contributed by atoms with Crippen molar-refractivity contribution >= 4 is 23.6 Å². The topological polar surface area (TPSA) is 128 Å². The molecule has 0 aliphatic rings. The van der Waals surface area contributed by atoms with Crippen LogP contribution in [0.1, 0.15) is 82.5 Å². The summed E-state index contributed by atoms with van der Waals surface area (Å²) >= 11 is 0. The number of phenolic OH excluding ortho intramolecular Hbond substituents is 2. The van der Waals surface area contributed by atoms with E-state index in [2.05, 4.69) is 17.6 Å². The fourth-order valence-corrected chi connectivity index (χ4v) is 5.05. The van der Waals surface area contributed by atoms with Gasteiger partial charge in [-0.15, -0.1) is 0 Å². The van der Waals surface area contributed by atoms with Gasteiger partial charge in [-0.2, -0.15) is 0 Å². The smallest absolute Gasteiger partial charge is 0.408 e. The number of rotatable bonds is 14. The molecule has 0 aliphatic carbocycles. The molecule has 45 heavy (non-hydrogen) atoms. The molecule has 0 radical (unpaired) electrons. The molecule has 0 fully saturated rings. The molecule has 0 bridgehead atoms. The van der Waals surface area contributed by atoms with Crippen LogP contribution in [0, 0.1) is 6.92 Å². The van der Waals surface area contributed by atoms with Crippen LogP contribution in [0.25, 0.3) is 0 Å². The fourth-order valence-electron chi connectivity index (χ4n) is 5.05. The van der Waals surface area contributed by atoms with E-state index in [9.17, 15) is 24.6 Å². The minimum atomic E-state index is -1.20. The van der Waals surface area contributed by atoms with Crippen molar-refractivity contribution in [2.45, 2.75) is 90.8 Å². The summed E-state index contributed by atoms with van der Waals surface area (Å²) in [4.78, 5) is 43.3. The summed E-state index contributed by atoms with van der Waals surface area (Å²) in [6, 6.07) is 17.9. The SMILES string of the molecule is CCCCCCCN(C(=O)C(Cc1ccc(O)cc1)NC(=O)OC(C)(C)C)C(C(=O)Nc1ccccc1C)c1ccccc1O. The molecular formula is C36H47N3O6. The second kappa shape index (κ2) is 16.5. The Hall–Kier alpha value is -4.53. The Labute approximate surface area is 266 Å². The average Bonchev–Trinajstić information content (AvgIpc) is 2.98. The van der Waals surface area contributed by atoms with Crippen LogP contribution in [0.2, 0.25) is 0 Å². The van der Waals surface area contributed by atoms with Crippen LogP contribution in [0.5, 0.6) is 11.5 Å². The number of amides is 3. The van der Waals surface area contributed by atoms with Gasteiger partial charge in [0.1, 0.15) is 29.2 Å². The Morgan fingerprint density at radius 1 is 0.867 bits per heavy atom. The van der Waals surface area contributed by atoms with Crippen LogP contribution in [0.15, 0.2) is 72.8 Å². The van der Waals surface area contributed by atoms with E-state index >= 15 is 0 Å². The molecule has 0 saturated heterocycles. The van der Waals surface area contributed by atoms with E-state index in [-0.39, 0.29) is 30.0 Å². The molecule has 3 amide bonds. The Bertz CT molecular complexity index is 1420. The fraction of sp³-hybridized carbons (Fsp3) is 0.417. The Balaban J connectivity index is 2.08. The lowest BCUT2D eigenvalue weighted by molar-refractivity contribution is -0.141. The molecule has 9 nitrogen and oxygen atoms in total. The Morgan fingerprint density at radius 3 is 2.16 bits per heavy atom. The quantitative estimate of drug-likeness (QED) is 0.144. The van der Waals surface area contributed by atoms with E-state index in [1.54, 1.807) is 57.2 Å². The number of ether oxygens (including phenoxy) is 1. The molecule has 2 atom stereocenters. The molecule has 0 aromatic heterocycles. The first kappa shape index (κ1) is 35.0. The van der Waals surface area contributed by atoms with Gasteiger partial charge in [-0.05, 0) is 69.5 Å². The number of alkyl carbamates (subject to hydrolysis) is 1. The number of anilines is 1. The number of para-hydroxylation sites is 2. The molecule has 3 aromatic rings. The number of hydrogen-bond donors (Lipinski definition) is 4. The second-order valence-corrected chi connectivity index (χ2v) is 12.3. The summed E-state index contributed by atoms with van der Waals surface area (Å²) in [7, 11) is 0. The lowest BCUT2D eigenvalue weighted by Gasteiger charge is -2.35. The third-order valence-electron chi connectivity index (χ3n) is 7.35. The van der Waals surface area contributed by atoms with Crippen LogP contribution in [0.4, 0.5) is 10.5 Å². The van der Waals surface area contributed by atoms with E-state index in [1.165, 1.54) is 23.1 Å². The maximum atomic E-state index is 14.6. The maximum Gasteiger partial charge on any atom is 0.408 e. The molecule has 0 aliphatic heterocycles. The van der Waals surface area contributed by atoms with Gasteiger partial charge in [0.2, 0.25) is 5.91 Å². The number of nitrogens with zero attached hydrogens (tertiary/aromatic N) is 1. The standard InChI is InChI=1S/C36H47N3O6/c1-6-7-8-9-14-23-39(32(28-16-11-13-18-31(28)41)33(42)37-29-17-12-10-15-25(29)2)34(43)30(38-35(44)45-36(3,4)5)24-26-19-21-27(40)22-20-26/h10-13,15-22,30,32,40-41H,6-9,14,23-24H2,1-5H3,(H,37,42)(H,38,44). The Kier molecular flexibility index (Phi) is 12.8. The summed E-state index contributed by atoms with van der Waals surface area (Å²) in [5.41, 5.74) is 1.59. The predicted molar refractivity (Wildman–Crippen MR) is 176 cm³/mol. The van der Waals surface area contributed by atoms with Crippen molar-refractivity contribution in [3.8, 4) is 11.5 Å². The summed E-state index contributed by atoms with van der Waals surface area (Å²) < 4.78 is 5.50. The van der Waals surface area contributed by atoms with Crippen molar-refractivity contribution in [1.29, 1.82) is 0 Å². The first-order valence-corrected chi connectivity index (χ1v) is 15.6. The predicted octanol–water partition coefficient (Wildman–Crippen LogP) is 7.02. The third-order valence-corrected chi connectivity index (χ3v) is 7.35. The zero-order chi connectivity index (χ0) is 33.0. The maximum absolute atomic E-state index is 14.6. The molecule has 4 N–H and O–H groups in total. The minimum absolute atomic E-state index is 0.0722. The van der Waals surface area contributed by atoms with E-state index in [1.807, 2.05) is 25.1 Å². The zero-order valence-electron chi connectivity index (χ0n) is 27.0. The van der Waals surface area contributed by atoms with Crippen molar-refractivity contribution in [3.63, 3.8) is 0 Å². The third kappa shape index (κ3) is 10.8. The molecule has 3 aromatic carbocycles. The van der Waals surface area contributed by atoms with Crippen LogP contribution >= 0.6 is 0 Å². The monoisotopic (exact) mass is 617 g/mol. The van der Waals surface area contributed by atoms with Gasteiger partial charge in [0, 0.05) is 24.2 Å². The Morgan fingerprint density at radius 2 is 1.51 bits per heavy atom. The lowest BCUT2D eigenvalue weighted by atomic mass is 9.98. The average molecular weight is 618 g/mol. The highest BCUT2D eigenvalue weighted by atomic mass is 16.6. The van der Waals surface area contributed by atoms with Crippen molar-refractivity contribution in [2.75, 3.05) is 11.9 Å². The molecule has 9 heteroatoms. The van der Waals surface area contributed by atoms with Crippen molar-refractivity contribution in [1.82, 2.24) is 10.2 Å². The molecule has 3 rings (SSSR count). The van der Waals surface area contributed by atoms with E-state index in [0.717, 1.165) is 31.2 Å². The van der Waals surface area contributed by atoms with Crippen molar-refractivity contribution in [3.05, 3.63) is 89.5 Å². The number of benzene rings is 3. The van der Waals surface area contributed by atoms with Gasteiger partial charge in [-0.3, -0.25) is 9.59 Å². The summed E-state index contributed by atoms with van der Waals surface area (Å²) in [6.07, 6.45) is 3.84. The van der Waals surface area contributed by atoms with Crippen molar-refractivity contribution < 1.29 is 29.3 Å². The first-order chi connectivity index (χ1) is 21.4. The van der Waals surface area contributed by atoms with Gasteiger partial charge in [-0.25, -0.2) is 4.79 Å². The number of aromatic hydroxyl groups is 2. The zero-order valence-corrected chi connectivity index (χ0v) is 27.0. The van der Waals surface area contributed by atoms with Gasteiger partial charge in [0.25, 0.3) is 5.91 Å². The number of nitrogens with one attached hydrogen (secondary N) is 2. The molecule has 0 saturated carbocycles. The first-order valence-electron chi connectivity index (χ1n) is 15.6. The number of unbranched alkanes of at least 4 members (excludes halogenated alkanes) is 4. The molecule has 0 spiro atoms. The number of carbonyl (C=O) groups is 3. The highest BCUT2D eigenvalue weighted by Gasteiger charge is 2.37. The van der Waals surface area contributed by atoms with Crippen LogP contribution in [0.3, 0.4) is 0 Å². The normalized spacial score (nSPS) is 12.6.